The molecule has 0 spiro atoms. The Morgan fingerprint density at radius 3 is 2.16 bits per heavy atom. The Morgan fingerprint density at radius 2 is 1.68 bits per heavy atom. The first kappa shape index (κ1) is 18.8. The van der Waals surface area contributed by atoms with Gasteiger partial charge in [0.1, 0.15) is 0 Å². The first-order valence-corrected chi connectivity index (χ1v) is 11.5. The molecule has 2 atom stereocenters. The number of hydrogen-bond donors (Lipinski definition) is 0. The van der Waals surface area contributed by atoms with Gasteiger partial charge in [-0.1, -0.05) is 13.8 Å². The van der Waals surface area contributed by atoms with Crippen molar-refractivity contribution in [1.29, 1.82) is 0 Å². The molecule has 2 fully saturated rings. The zero-order valence-corrected chi connectivity index (χ0v) is 16.7. The fourth-order valence-corrected chi connectivity index (χ4v) is 6.93. The number of rotatable bonds is 5. The van der Waals surface area contributed by atoms with E-state index in [-0.39, 0.29) is 26.5 Å². The van der Waals surface area contributed by atoms with Gasteiger partial charge in [0.15, 0.2) is 9.84 Å². The van der Waals surface area contributed by atoms with Gasteiger partial charge in [0.2, 0.25) is 10.0 Å². The molecule has 0 amide bonds. The molecule has 0 unspecified atom stereocenters. The first-order valence-electron chi connectivity index (χ1n) is 8.22. The van der Waals surface area contributed by atoms with Gasteiger partial charge in [0, 0.05) is 31.9 Å². The number of fused-ring (bicyclic) bond motifs is 1. The van der Waals surface area contributed by atoms with Crippen molar-refractivity contribution in [2.75, 3.05) is 33.1 Å². The Hall–Kier alpha value is -0.960. The van der Waals surface area contributed by atoms with E-state index in [9.17, 15) is 16.8 Å². The number of ether oxygens (including phenoxy) is 1. The second-order valence-corrected chi connectivity index (χ2v) is 12.0. The lowest BCUT2D eigenvalue weighted by Crippen LogP contribution is -2.55. The molecule has 1 aromatic carbocycles. The van der Waals surface area contributed by atoms with Crippen molar-refractivity contribution in [1.82, 2.24) is 4.31 Å². The Morgan fingerprint density at radius 1 is 1.12 bits per heavy atom. The largest absolute Gasteiger partial charge is 0.384 e. The van der Waals surface area contributed by atoms with Crippen LogP contribution in [0.1, 0.15) is 20.3 Å². The molecule has 6 nitrogen and oxygen atoms in total. The second-order valence-electron chi connectivity index (χ2n) is 8.05. The van der Waals surface area contributed by atoms with E-state index in [0.29, 0.717) is 19.7 Å². The molecule has 0 aromatic heterocycles. The van der Waals surface area contributed by atoms with Crippen LogP contribution in [-0.2, 0) is 24.6 Å². The first-order chi connectivity index (χ1) is 11.4. The van der Waals surface area contributed by atoms with Gasteiger partial charge in [-0.3, -0.25) is 0 Å². The SMILES string of the molecule is COC[C@@]12CN(S(=O)(=O)c3ccc(S(C)(=O)=O)cc3)C[C@@H]1C(C)(C)C2. The summed E-state index contributed by atoms with van der Waals surface area (Å²) in [5.41, 5.74) is -0.0129. The maximum absolute atomic E-state index is 13.0. The predicted octanol–water partition coefficient (Wildman–Crippen LogP) is 1.77. The quantitative estimate of drug-likeness (QED) is 0.769. The molecule has 1 heterocycles. The number of benzene rings is 1. The smallest absolute Gasteiger partial charge is 0.243 e. The van der Waals surface area contributed by atoms with Crippen molar-refractivity contribution in [2.45, 2.75) is 30.1 Å². The van der Waals surface area contributed by atoms with E-state index in [0.717, 1.165) is 12.7 Å². The zero-order chi connectivity index (χ0) is 18.7. The average Bonchev–Trinajstić information content (AvgIpc) is 2.82. The maximum Gasteiger partial charge on any atom is 0.243 e. The van der Waals surface area contributed by atoms with Gasteiger partial charge in [0.05, 0.1) is 16.4 Å². The van der Waals surface area contributed by atoms with Crippen LogP contribution >= 0.6 is 0 Å². The van der Waals surface area contributed by atoms with Gasteiger partial charge in [-0.2, -0.15) is 4.31 Å². The van der Waals surface area contributed by atoms with Crippen LogP contribution in [-0.4, -0.2) is 54.2 Å². The van der Waals surface area contributed by atoms with Crippen molar-refractivity contribution in [3.8, 4) is 0 Å². The van der Waals surface area contributed by atoms with Gasteiger partial charge < -0.3 is 4.74 Å². The molecule has 1 saturated carbocycles. The van der Waals surface area contributed by atoms with E-state index < -0.39 is 19.9 Å². The molecule has 1 aliphatic heterocycles. The summed E-state index contributed by atoms with van der Waals surface area (Å²) in [4.78, 5) is 0.247. The zero-order valence-electron chi connectivity index (χ0n) is 15.0. The lowest BCUT2D eigenvalue weighted by molar-refractivity contribution is -0.106. The molecule has 3 rings (SSSR count). The minimum atomic E-state index is -3.65. The molecule has 0 N–H and O–H groups in total. The van der Waals surface area contributed by atoms with Crippen LogP contribution in [0.3, 0.4) is 0 Å². The van der Waals surface area contributed by atoms with Crippen LogP contribution in [0, 0.1) is 16.7 Å². The molecule has 8 heteroatoms. The highest BCUT2D eigenvalue weighted by molar-refractivity contribution is 7.90. The van der Waals surface area contributed by atoms with Crippen LogP contribution in [0.5, 0.6) is 0 Å². The number of hydrogen-bond acceptors (Lipinski definition) is 5. The van der Waals surface area contributed by atoms with Gasteiger partial charge in [0.25, 0.3) is 0 Å². The molecule has 25 heavy (non-hydrogen) atoms. The van der Waals surface area contributed by atoms with Crippen molar-refractivity contribution in [2.24, 2.45) is 16.7 Å². The van der Waals surface area contributed by atoms with Crippen LogP contribution in [0.4, 0.5) is 0 Å². The number of nitrogens with zero attached hydrogens (tertiary/aromatic N) is 1. The highest BCUT2D eigenvalue weighted by Crippen LogP contribution is 2.63. The van der Waals surface area contributed by atoms with Crippen molar-refractivity contribution >= 4 is 19.9 Å². The van der Waals surface area contributed by atoms with Crippen molar-refractivity contribution < 1.29 is 21.6 Å². The summed E-state index contributed by atoms with van der Waals surface area (Å²) in [6.07, 6.45) is 2.04. The molecule has 2 aliphatic rings. The Bertz CT molecular complexity index is 874. The van der Waals surface area contributed by atoms with Crippen LogP contribution in [0.2, 0.25) is 0 Å². The fourth-order valence-electron chi connectivity index (χ4n) is 4.75. The normalized spacial score (nSPS) is 29.2. The van der Waals surface area contributed by atoms with Gasteiger partial charge in [-0.15, -0.1) is 0 Å². The Kier molecular flexibility index (Phi) is 4.34. The average molecular weight is 388 g/mol. The summed E-state index contributed by atoms with van der Waals surface area (Å²) in [5.74, 6) is 0.269. The fraction of sp³-hybridized carbons (Fsp3) is 0.647. The second kappa shape index (κ2) is 5.77. The van der Waals surface area contributed by atoms with Gasteiger partial charge in [-0.05, 0) is 42.0 Å². The predicted molar refractivity (Wildman–Crippen MR) is 94.5 cm³/mol. The van der Waals surface area contributed by atoms with Crippen molar-refractivity contribution in [3.05, 3.63) is 24.3 Å². The van der Waals surface area contributed by atoms with E-state index in [1.807, 2.05) is 0 Å². The third-order valence-electron chi connectivity index (χ3n) is 5.69. The number of methoxy groups -OCH3 is 1. The summed E-state index contributed by atoms with van der Waals surface area (Å²) in [6, 6.07) is 5.45. The van der Waals surface area contributed by atoms with E-state index in [4.69, 9.17) is 4.74 Å². The Balaban J connectivity index is 1.89. The molecule has 1 aliphatic carbocycles. The van der Waals surface area contributed by atoms with Crippen LogP contribution in [0.15, 0.2) is 34.1 Å². The van der Waals surface area contributed by atoms with Gasteiger partial charge >= 0.3 is 0 Å². The van der Waals surface area contributed by atoms with Crippen LogP contribution < -0.4 is 0 Å². The third kappa shape index (κ3) is 3.03. The molecule has 1 saturated heterocycles. The molecule has 0 radical (unpaired) electrons. The number of sulfone groups is 1. The van der Waals surface area contributed by atoms with E-state index in [1.54, 1.807) is 7.11 Å². The van der Waals surface area contributed by atoms with Gasteiger partial charge in [-0.25, -0.2) is 16.8 Å². The van der Waals surface area contributed by atoms with E-state index in [2.05, 4.69) is 13.8 Å². The minimum Gasteiger partial charge on any atom is -0.384 e. The standard InChI is InChI=1S/C17H25NO5S2/c1-16(2)10-17(12-23-3)11-18(9-15(16)17)25(21,22)14-7-5-13(6-8-14)24(4,19)20/h5-8,15H,9-12H2,1-4H3/t15-,17-/m1/s1. The monoisotopic (exact) mass is 387 g/mol. The summed E-state index contributed by atoms with van der Waals surface area (Å²) in [6.45, 7) is 5.82. The summed E-state index contributed by atoms with van der Waals surface area (Å²) in [5, 5.41) is 0. The summed E-state index contributed by atoms with van der Waals surface area (Å²) in [7, 11) is -5.35. The summed E-state index contributed by atoms with van der Waals surface area (Å²) >= 11 is 0. The maximum atomic E-state index is 13.0. The van der Waals surface area contributed by atoms with Crippen LogP contribution in [0.25, 0.3) is 0 Å². The summed E-state index contributed by atoms with van der Waals surface area (Å²) < 4.78 is 56.0. The molecule has 0 bridgehead atoms. The topological polar surface area (TPSA) is 80.8 Å². The highest BCUT2D eigenvalue weighted by atomic mass is 32.2. The Labute approximate surface area is 150 Å². The lowest BCUT2D eigenvalue weighted by Gasteiger charge is -2.56. The third-order valence-corrected chi connectivity index (χ3v) is 8.64. The van der Waals surface area contributed by atoms with E-state index >= 15 is 0 Å². The number of sulfonamides is 1. The highest BCUT2D eigenvalue weighted by Gasteiger charge is 2.64. The van der Waals surface area contributed by atoms with E-state index in [1.165, 1.54) is 28.6 Å². The molecular formula is C17H25NO5S2. The lowest BCUT2D eigenvalue weighted by atomic mass is 9.48. The molecular weight excluding hydrogens is 362 g/mol. The molecule has 1 aromatic rings. The minimum absolute atomic E-state index is 0.100. The van der Waals surface area contributed by atoms with Crippen molar-refractivity contribution in [3.63, 3.8) is 0 Å². The molecule has 140 valence electrons.